The third-order valence-corrected chi connectivity index (χ3v) is 2.18. The Morgan fingerprint density at radius 3 is 2.92 bits per heavy atom. The standard InChI is InChI=1S/C12H11/c1-2-10-7-5-8-11-6-3-4-9-12(10)11/h3-5,7-9H,2H2,1H3. The minimum absolute atomic E-state index is 1.09. The van der Waals surface area contributed by atoms with E-state index in [0.29, 0.717) is 0 Å². The molecule has 12 heavy (non-hydrogen) atoms. The summed E-state index contributed by atoms with van der Waals surface area (Å²) in [5.41, 5.74) is 1.41. The Hall–Kier alpha value is -1.30. The number of rotatable bonds is 1. The van der Waals surface area contributed by atoms with Crippen LogP contribution >= 0.6 is 0 Å². The van der Waals surface area contributed by atoms with Crippen molar-refractivity contribution in [3.63, 3.8) is 0 Å². The first-order valence-corrected chi connectivity index (χ1v) is 4.30. The number of benzene rings is 2. The average molecular weight is 155 g/mol. The van der Waals surface area contributed by atoms with E-state index in [1.807, 2.05) is 12.1 Å². The van der Waals surface area contributed by atoms with Crippen LogP contribution in [-0.4, -0.2) is 0 Å². The van der Waals surface area contributed by atoms with Crippen LogP contribution in [0.4, 0.5) is 0 Å². The highest BCUT2D eigenvalue weighted by Crippen LogP contribution is 2.17. The second-order valence-corrected chi connectivity index (χ2v) is 2.90. The summed E-state index contributed by atoms with van der Waals surface area (Å²) in [6.45, 7) is 2.18. The van der Waals surface area contributed by atoms with E-state index in [4.69, 9.17) is 0 Å². The van der Waals surface area contributed by atoms with Crippen molar-refractivity contribution in [2.75, 3.05) is 0 Å². The van der Waals surface area contributed by atoms with Crippen molar-refractivity contribution < 1.29 is 0 Å². The zero-order valence-electron chi connectivity index (χ0n) is 7.17. The lowest BCUT2D eigenvalue weighted by atomic mass is 10.0. The van der Waals surface area contributed by atoms with Crippen molar-refractivity contribution in [2.45, 2.75) is 13.3 Å². The lowest BCUT2D eigenvalue weighted by molar-refractivity contribution is 1.16. The van der Waals surface area contributed by atoms with Crippen LogP contribution in [0.25, 0.3) is 10.8 Å². The molecular formula is C12H11. The van der Waals surface area contributed by atoms with Crippen molar-refractivity contribution in [1.82, 2.24) is 0 Å². The first-order valence-electron chi connectivity index (χ1n) is 4.30. The zero-order chi connectivity index (χ0) is 8.39. The highest BCUT2D eigenvalue weighted by Gasteiger charge is 1.95. The minimum atomic E-state index is 1.09. The first-order chi connectivity index (χ1) is 5.92. The Labute approximate surface area is 72.8 Å². The molecule has 0 heteroatoms. The third kappa shape index (κ3) is 1.10. The molecule has 0 aromatic heterocycles. The van der Waals surface area contributed by atoms with E-state index in [1.165, 1.54) is 16.3 Å². The van der Waals surface area contributed by atoms with E-state index in [9.17, 15) is 0 Å². The van der Waals surface area contributed by atoms with Crippen molar-refractivity contribution in [1.29, 1.82) is 0 Å². The van der Waals surface area contributed by atoms with Crippen molar-refractivity contribution >= 4 is 10.8 Å². The molecule has 0 spiro atoms. The molecule has 0 bridgehead atoms. The minimum Gasteiger partial charge on any atom is -0.0613 e. The molecular weight excluding hydrogens is 144 g/mol. The lowest BCUT2D eigenvalue weighted by Crippen LogP contribution is -1.81. The van der Waals surface area contributed by atoms with E-state index in [0.717, 1.165) is 6.42 Å². The van der Waals surface area contributed by atoms with Crippen molar-refractivity contribution in [2.24, 2.45) is 0 Å². The predicted octanol–water partition coefficient (Wildman–Crippen LogP) is 3.20. The van der Waals surface area contributed by atoms with Crippen LogP contribution in [0.15, 0.2) is 36.4 Å². The molecule has 0 amide bonds. The zero-order valence-corrected chi connectivity index (χ0v) is 7.17. The van der Waals surface area contributed by atoms with Crippen LogP contribution in [0.3, 0.4) is 0 Å². The van der Waals surface area contributed by atoms with E-state index in [-0.39, 0.29) is 0 Å². The topological polar surface area (TPSA) is 0 Å². The van der Waals surface area contributed by atoms with Gasteiger partial charge in [-0.25, -0.2) is 0 Å². The third-order valence-electron chi connectivity index (χ3n) is 2.18. The Balaban J connectivity index is 2.79. The Kier molecular flexibility index (Phi) is 1.83. The molecule has 2 rings (SSSR count). The van der Waals surface area contributed by atoms with Crippen LogP contribution in [0.1, 0.15) is 12.5 Å². The Morgan fingerprint density at radius 1 is 1.17 bits per heavy atom. The van der Waals surface area contributed by atoms with E-state index < -0.39 is 0 Å². The largest absolute Gasteiger partial charge is 0.0613 e. The molecule has 2 aromatic carbocycles. The average Bonchev–Trinajstić information content (AvgIpc) is 2.17. The molecule has 0 saturated heterocycles. The molecule has 0 aliphatic carbocycles. The van der Waals surface area contributed by atoms with Gasteiger partial charge in [0.1, 0.15) is 0 Å². The van der Waals surface area contributed by atoms with Gasteiger partial charge in [0.25, 0.3) is 0 Å². The van der Waals surface area contributed by atoms with Gasteiger partial charge >= 0.3 is 0 Å². The van der Waals surface area contributed by atoms with Gasteiger partial charge in [-0.1, -0.05) is 43.3 Å². The second-order valence-electron chi connectivity index (χ2n) is 2.90. The SMILES string of the molecule is CCc1cccc2[c]cccc12. The van der Waals surface area contributed by atoms with Crippen LogP contribution in [0.5, 0.6) is 0 Å². The molecule has 0 fully saturated rings. The number of fused-ring (bicyclic) bond motifs is 1. The summed E-state index contributed by atoms with van der Waals surface area (Å²) in [5, 5.41) is 2.55. The number of hydrogen-bond donors (Lipinski definition) is 0. The molecule has 0 aliphatic rings. The molecule has 59 valence electrons. The molecule has 0 saturated carbocycles. The number of aryl methyl sites for hydroxylation is 1. The summed E-state index contributed by atoms with van der Waals surface area (Å²) >= 11 is 0. The van der Waals surface area contributed by atoms with Gasteiger partial charge in [0.2, 0.25) is 0 Å². The van der Waals surface area contributed by atoms with Gasteiger partial charge in [0.15, 0.2) is 0 Å². The van der Waals surface area contributed by atoms with Gasteiger partial charge in [-0.2, -0.15) is 0 Å². The normalized spacial score (nSPS) is 10.4. The summed E-state index contributed by atoms with van der Waals surface area (Å²) in [5.74, 6) is 0. The maximum absolute atomic E-state index is 3.23. The van der Waals surface area contributed by atoms with Crippen molar-refractivity contribution in [3.05, 3.63) is 48.0 Å². The summed E-state index contributed by atoms with van der Waals surface area (Å²) in [7, 11) is 0. The van der Waals surface area contributed by atoms with Gasteiger partial charge in [0.05, 0.1) is 0 Å². The quantitative estimate of drug-likeness (QED) is 0.593. The molecule has 0 unspecified atom stereocenters. The van der Waals surface area contributed by atoms with Gasteiger partial charge in [0, 0.05) is 0 Å². The highest BCUT2D eigenvalue weighted by atomic mass is 14.0. The van der Waals surface area contributed by atoms with Crippen LogP contribution < -0.4 is 0 Å². The summed E-state index contributed by atoms with van der Waals surface area (Å²) in [4.78, 5) is 0. The van der Waals surface area contributed by atoms with Gasteiger partial charge in [-0.05, 0) is 28.8 Å². The number of hydrogen-bond acceptors (Lipinski definition) is 0. The van der Waals surface area contributed by atoms with Crippen LogP contribution in [-0.2, 0) is 6.42 Å². The Bertz CT molecular complexity index is 383. The maximum atomic E-state index is 3.23. The molecule has 0 N–H and O–H groups in total. The smallest absolute Gasteiger partial charge is 0.00991 e. The lowest BCUT2D eigenvalue weighted by Gasteiger charge is -2.01. The predicted molar refractivity (Wildman–Crippen MR) is 52.2 cm³/mol. The van der Waals surface area contributed by atoms with Gasteiger partial charge in [-0.3, -0.25) is 0 Å². The molecule has 0 nitrogen and oxygen atoms in total. The Morgan fingerprint density at radius 2 is 2.08 bits per heavy atom. The van der Waals surface area contributed by atoms with Crippen LogP contribution in [0.2, 0.25) is 0 Å². The fourth-order valence-electron chi connectivity index (χ4n) is 1.53. The fourth-order valence-corrected chi connectivity index (χ4v) is 1.53. The molecule has 0 atom stereocenters. The van der Waals surface area contributed by atoms with E-state index in [2.05, 4.69) is 37.3 Å². The molecule has 2 aromatic rings. The van der Waals surface area contributed by atoms with Crippen molar-refractivity contribution in [3.8, 4) is 0 Å². The van der Waals surface area contributed by atoms with Gasteiger partial charge in [-0.15, -0.1) is 0 Å². The maximum Gasteiger partial charge on any atom is -0.00991 e. The van der Waals surface area contributed by atoms with Gasteiger partial charge < -0.3 is 0 Å². The van der Waals surface area contributed by atoms with E-state index >= 15 is 0 Å². The highest BCUT2D eigenvalue weighted by molar-refractivity contribution is 5.85. The monoisotopic (exact) mass is 155 g/mol. The molecule has 0 aliphatic heterocycles. The van der Waals surface area contributed by atoms with Crippen LogP contribution in [0, 0.1) is 6.07 Å². The summed E-state index contributed by atoms with van der Waals surface area (Å²) < 4.78 is 0. The van der Waals surface area contributed by atoms with E-state index in [1.54, 1.807) is 0 Å². The summed E-state index contributed by atoms with van der Waals surface area (Å²) in [6.07, 6.45) is 1.09. The summed E-state index contributed by atoms with van der Waals surface area (Å²) in [6, 6.07) is 15.8. The molecule has 1 radical (unpaired) electrons. The second kappa shape index (κ2) is 2.98. The first kappa shape index (κ1) is 7.35. The fraction of sp³-hybridized carbons (Fsp3) is 0.167. The molecule has 0 heterocycles.